The lowest BCUT2D eigenvalue weighted by atomic mass is 10.1. The van der Waals surface area contributed by atoms with Gasteiger partial charge >= 0.3 is 5.97 Å². The molecule has 3 aromatic rings. The molecule has 2 N–H and O–H groups in total. The highest BCUT2D eigenvalue weighted by atomic mass is 16.5. The lowest BCUT2D eigenvalue weighted by molar-refractivity contribution is -0.144. The molecule has 0 radical (unpaired) electrons. The minimum absolute atomic E-state index is 0.101. The molecule has 1 aromatic heterocycles. The number of aromatic hydroxyl groups is 1. The van der Waals surface area contributed by atoms with Crippen molar-refractivity contribution in [3.8, 4) is 5.75 Å². The summed E-state index contributed by atoms with van der Waals surface area (Å²) in [6, 6.07) is 12.2. The van der Waals surface area contributed by atoms with Gasteiger partial charge in [-0.2, -0.15) is 0 Å². The number of carbonyl (C=O) groups excluding carboxylic acids is 2. The Morgan fingerprint density at radius 1 is 1.17 bits per heavy atom. The number of carbonyl (C=O) groups is 2. The van der Waals surface area contributed by atoms with Gasteiger partial charge in [0.05, 0.1) is 18.1 Å². The maximum atomic E-state index is 12.4. The van der Waals surface area contributed by atoms with Crippen molar-refractivity contribution in [1.29, 1.82) is 0 Å². The molecule has 29 heavy (non-hydrogen) atoms. The van der Waals surface area contributed by atoms with Crippen molar-refractivity contribution in [3.05, 3.63) is 82.2 Å². The summed E-state index contributed by atoms with van der Waals surface area (Å²) < 4.78 is 10.2. The van der Waals surface area contributed by atoms with Crippen LogP contribution in [0.15, 0.2) is 70.1 Å². The van der Waals surface area contributed by atoms with Crippen LogP contribution in [0, 0.1) is 0 Å². The molecule has 3 rings (SSSR count). The molecule has 0 aliphatic heterocycles. The van der Waals surface area contributed by atoms with Crippen LogP contribution in [0.2, 0.25) is 0 Å². The third-order valence-electron chi connectivity index (χ3n) is 4.30. The number of hydrogen-bond donors (Lipinski definition) is 2. The van der Waals surface area contributed by atoms with Gasteiger partial charge in [0.25, 0.3) is 0 Å². The number of fused-ring (bicyclic) bond motifs is 1. The quantitative estimate of drug-likeness (QED) is 0.492. The molecule has 1 heterocycles. The summed E-state index contributed by atoms with van der Waals surface area (Å²) in [7, 11) is 1.23. The van der Waals surface area contributed by atoms with E-state index in [1.165, 1.54) is 31.6 Å². The van der Waals surface area contributed by atoms with Gasteiger partial charge < -0.3 is 19.6 Å². The number of hydrogen-bond acceptors (Lipinski definition) is 6. The van der Waals surface area contributed by atoms with Crippen molar-refractivity contribution < 1.29 is 23.8 Å². The Morgan fingerprint density at radius 2 is 1.90 bits per heavy atom. The maximum Gasteiger partial charge on any atom is 0.328 e. The third-order valence-corrected chi connectivity index (χ3v) is 4.30. The van der Waals surface area contributed by atoms with E-state index in [-0.39, 0.29) is 23.2 Å². The summed E-state index contributed by atoms with van der Waals surface area (Å²) in [4.78, 5) is 36.8. The Labute approximate surface area is 166 Å². The molecule has 1 amide bonds. The first-order chi connectivity index (χ1) is 14.0. The van der Waals surface area contributed by atoms with Crippen LogP contribution in [0.25, 0.3) is 17.0 Å². The smallest absolute Gasteiger partial charge is 0.328 e. The minimum atomic E-state index is -0.922. The van der Waals surface area contributed by atoms with E-state index < -0.39 is 17.9 Å². The highest BCUT2D eigenvalue weighted by molar-refractivity contribution is 5.95. The highest BCUT2D eigenvalue weighted by Gasteiger charge is 2.21. The standard InChI is InChI=1S/C22H19NO6/c1-28-22(27)18(12-14-6-9-16(24)10-7-14)23-20(25)11-8-15-13-29-19-5-3-2-4-17(19)21(15)26/h2-11,13,18,24H,12H2,1H3,(H,23,25)/b11-8+. The summed E-state index contributed by atoms with van der Waals surface area (Å²) in [5, 5.41) is 12.3. The predicted molar refractivity (Wildman–Crippen MR) is 107 cm³/mol. The van der Waals surface area contributed by atoms with Crippen molar-refractivity contribution in [2.45, 2.75) is 12.5 Å². The van der Waals surface area contributed by atoms with E-state index in [1.807, 2.05) is 0 Å². The first-order valence-electron chi connectivity index (χ1n) is 8.83. The largest absolute Gasteiger partial charge is 0.508 e. The number of ether oxygens (including phenoxy) is 1. The Bertz CT molecular complexity index is 1110. The number of phenolic OH excluding ortho intramolecular Hbond substituents is 1. The Hall–Kier alpha value is -3.87. The molecule has 2 aromatic carbocycles. The first kappa shape index (κ1) is 19.9. The molecule has 0 aliphatic carbocycles. The van der Waals surface area contributed by atoms with E-state index >= 15 is 0 Å². The predicted octanol–water partition coefficient (Wildman–Crippen LogP) is 2.41. The zero-order chi connectivity index (χ0) is 20.8. The van der Waals surface area contributed by atoms with E-state index in [1.54, 1.807) is 36.4 Å². The van der Waals surface area contributed by atoms with E-state index in [4.69, 9.17) is 9.15 Å². The number of rotatable bonds is 6. The molecule has 0 spiro atoms. The van der Waals surface area contributed by atoms with Crippen LogP contribution in [0.5, 0.6) is 5.75 Å². The molecule has 0 saturated carbocycles. The van der Waals surface area contributed by atoms with Crippen LogP contribution < -0.4 is 10.7 Å². The van der Waals surface area contributed by atoms with Crippen molar-refractivity contribution >= 4 is 28.9 Å². The zero-order valence-corrected chi connectivity index (χ0v) is 15.6. The highest BCUT2D eigenvalue weighted by Crippen LogP contribution is 2.13. The number of methoxy groups -OCH3 is 1. The molecule has 0 fully saturated rings. The van der Waals surface area contributed by atoms with Gasteiger partial charge in [0.15, 0.2) is 5.43 Å². The lowest BCUT2D eigenvalue weighted by Gasteiger charge is -2.15. The van der Waals surface area contributed by atoms with Crippen LogP contribution in [0.1, 0.15) is 11.1 Å². The molecule has 0 aliphatic rings. The number of para-hydroxylation sites is 1. The summed E-state index contributed by atoms with van der Waals surface area (Å²) >= 11 is 0. The van der Waals surface area contributed by atoms with Gasteiger partial charge in [-0.1, -0.05) is 24.3 Å². The molecule has 0 saturated heterocycles. The average Bonchev–Trinajstić information content (AvgIpc) is 2.74. The van der Waals surface area contributed by atoms with Gasteiger partial charge in [-0.25, -0.2) is 4.79 Å². The summed E-state index contributed by atoms with van der Waals surface area (Å²) in [5.74, 6) is -1.07. The molecule has 7 heteroatoms. The number of nitrogens with one attached hydrogen (secondary N) is 1. The van der Waals surface area contributed by atoms with Crippen molar-refractivity contribution in [2.75, 3.05) is 7.11 Å². The second-order valence-electron chi connectivity index (χ2n) is 6.30. The Balaban J connectivity index is 1.74. The molecule has 7 nitrogen and oxygen atoms in total. The fraction of sp³-hybridized carbons (Fsp3) is 0.136. The Morgan fingerprint density at radius 3 is 2.62 bits per heavy atom. The summed E-state index contributed by atoms with van der Waals surface area (Å²) in [6.07, 6.45) is 3.96. The fourth-order valence-electron chi connectivity index (χ4n) is 2.80. The van der Waals surface area contributed by atoms with Crippen LogP contribution in [0.3, 0.4) is 0 Å². The van der Waals surface area contributed by atoms with Gasteiger partial charge in [0, 0.05) is 12.5 Å². The van der Waals surface area contributed by atoms with E-state index in [0.29, 0.717) is 11.0 Å². The number of benzene rings is 2. The Kier molecular flexibility index (Phi) is 6.09. The van der Waals surface area contributed by atoms with Gasteiger partial charge in [-0.3, -0.25) is 9.59 Å². The van der Waals surface area contributed by atoms with Gasteiger partial charge in [0.1, 0.15) is 23.6 Å². The topological polar surface area (TPSA) is 106 Å². The van der Waals surface area contributed by atoms with Crippen LogP contribution >= 0.6 is 0 Å². The zero-order valence-electron chi connectivity index (χ0n) is 15.6. The third kappa shape index (κ3) is 4.90. The normalized spacial score (nSPS) is 12.0. The number of amides is 1. The monoisotopic (exact) mass is 393 g/mol. The van der Waals surface area contributed by atoms with Gasteiger partial charge in [-0.05, 0) is 35.9 Å². The second-order valence-corrected chi connectivity index (χ2v) is 6.30. The van der Waals surface area contributed by atoms with E-state index in [2.05, 4.69) is 5.32 Å². The molecular weight excluding hydrogens is 374 g/mol. The first-order valence-corrected chi connectivity index (χ1v) is 8.83. The molecule has 1 unspecified atom stereocenters. The van der Waals surface area contributed by atoms with Gasteiger partial charge in [0.2, 0.25) is 5.91 Å². The van der Waals surface area contributed by atoms with Crippen molar-refractivity contribution in [2.24, 2.45) is 0 Å². The van der Waals surface area contributed by atoms with Crippen molar-refractivity contribution in [3.63, 3.8) is 0 Å². The number of phenols is 1. The van der Waals surface area contributed by atoms with Crippen LogP contribution in [-0.4, -0.2) is 30.1 Å². The maximum absolute atomic E-state index is 12.4. The van der Waals surface area contributed by atoms with E-state index in [0.717, 1.165) is 11.6 Å². The molecule has 148 valence electrons. The SMILES string of the molecule is COC(=O)C(Cc1ccc(O)cc1)NC(=O)/C=C/c1coc2ccccc2c1=O. The molecule has 0 bridgehead atoms. The van der Waals surface area contributed by atoms with Crippen molar-refractivity contribution in [1.82, 2.24) is 5.32 Å². The average molecular weight is 393 g/mol. The fourth-order valence-corrected chi connectivity index (χ4v) is 2.80. The minimum Gasteiger partial charge on any atom is -0.508 e. The molecular formula is C22H19NO6. The van der Waals surface area contributed by atoms with Crippen LogP contribution in [-0.2, 0) is 20.7 Å². The van der Waals surface area contributed by atoms with Gasteiger partial charge in [-0.15, -0.1) is 0 Å². The van der Waals surface area contributed by atoms with Crippen LogP contribution in [0.4, 0.5) is 0 Å². The lowest BCUT2D eigenvalue weighted by Crippen LogP contribution is -2.42. The summed E-state index contributed by atoms with van der Waals surface area (Å²) in [6.45, 7) is 0. The molecule has 1 atom stereocenters. The van der Waals surface area contributed by atoms with E-state index in [9.17, 15) is 19.5 Å². The second kappa shape index (κ2) is 8.88. The summed E-state index contributed by atoms with van der Waals surface area (Å²) in [5.41, 5.74) is 1.15. The number of esters is 1.